The molecule has 0 aliphatic carbocycles. The predicted octanol–water partition coefficient (Wildman–Crippen LogP) is 4.64. The molecule has 1 amide bonds. The number of carbonyl (C=O) groups excluding carboxylic acids is 1. The van der Waals surface area contributed by atoms with Crippen LogP contribution in [0.3, 0.4) is 0 Å². The summed E-state index contributed by atoms with van der Waals surface area (Å²) in [6.07, 6.45) is 0. The van der Waals surface area contributed by atoms with E-state index in [0.29, 0.717) is 5.56 Å². The van der Waals surface area contributed by atoms with Crippen molar-refractivity contribution in [1.82, 2.24) is 0 Å². The Morgan fingerprint density at radius 2 is 1.95 bits per heavy atom. The molecule has 0 atom stereocenters. The number of anilines is 1. The first-order valence-electron chi connectivity index (χ1n) is 5.79. The maximum atomic E-state index is 12.5. The summed E-state index contributed by atoms with van der Waals surface area (Å²) in [6, 6.07) is 13.7. The van der Waals surface area contributed by atoms with Gasteiger partial charge in [0.05, 0.1) is 5.56 Å². The molecule has 0 aliphatic heterocycles. The lowest BCUT2D eigenvalue weighted by atomic mass is 10.1. The molecule has 0 N–H and O–H groups in total. The molecular formula is C15H13BrINO. The van der Waals surface area contributed by atoms with Gasteiger partial charge in [-0.2, -0.15) is 0 Å². The van der Waals surface area contributed by atoms with E-state index in [2.05, 4.69) is 38.5 Å². The molecule has 2 aromatic carbocycles. The van der Waals surface area contributed by atoms with Crippen molar-refractivity contribution in [1.29, 1.82) is 0 Å². The van der Waals surface area contributed by atoms with Gasteiger partial charge >= 0.3 is 0 Å². The summed E-state index contributed by atoms with van der Waals surface area (Å²) < 4.78 is 1.86. The van der Waals surface area contributed by atoms with Gasteiger partial charge in [0, 0.05) is 20.8 Å². The number of aryl methyl sites for hydroxylation is 1. The highest BCUT2D eigenvalue weighted by molar-refractivity contribution is 14.1. The van der Waals surface area contributed by atoms with E-state index in [4.69, 9.17) is 0 Å². The molecule has 2 nitrogen and oxygen atoms in total. The molecule has 0 saturated carbocycles. The first-order chi connectivity index (χ1) is 8.99. The Balaban J connectivity index is 2.36. The summed E-state index contributed by atoms with van der Waals surface area (Å²) in [6.45, 7) is 2.02. The third-order valence-corrected chi connectivity index (χ3v) is 4.21. The lowest BCUT2D eigenvalue weighted by molar-refractivity contribution is 0.0992. The third-order valence-electron chi connectivity index (χ3n) is 2.85. The molecule has 0 aromatic heterocycles. The highest BCUT2D eigenvalue weighted by atomic mass is 127. The van der Waals surface area contributed by atoms with Crippen molar-refractivity contribution in [3.8, 4) is 0 Å². The van der Waals surface area contributed by atoms with E-state index in [0.717, 1.165) is 19.3 Å². The van der Waals surface area contributed by atoms with Crippen molar-refractivity contribution >= 4 is 50.1 Å². The Hall–Kier alpha value is -0.880. The van der Waals surface area contributed by atoms with E-state index in [9.17, 15) is 4.79 Å². The summed E-state index contributed by atoms with van der Waals surface area (Å²) in [5.41, 5.74) is 2.71. The van der Waals surface area contributed by atoms with Crippen molar-refractivity contribution in [2.45, 2.75) is 6.92 Å². The van der Waals surface area contributed by atoms with Gasteiger partial charge in [0.25, 0.3) is 5.91 Å². The molecule has 0 bridgehead atoms. The Bertz CT molecular complexity index is 627. The molecule has 0 unspecified atom stereocenters. The largest absolute Gasteiger partial charge is 0.311 e. The highest BCUT2D eigenvalue weighted by Gasteiger charge is 2.16. The van der Waals surface area contributed by atoms with Gasteiger partial charge in [0.2, 0.25) is 0 Å². The summed E-state index contributed by atoms with van der Waals surface area (Å²) in [5.74, 6) is -0.0176. The molecule has 0 spiro atoms. The number of hydrogen-bond acceptors (Lipinski definition) is 1. The molecule has 0 fully saturated rings. The quantitative estimate of drug-likeness (QED) is 0.637. The van der Waals surface area contributed by atoms with Crippen molar-refractivity contribution in [3.05, 3.63) is 61.6 Å². The Morgan fingerprint density at radius 1 is 1.21 bits per heavy atom. The van der Waals surface area contributed by atoms with Crippen molar-refractivity contribution in [2.75, 3.05) is 11.9 Å². The number of amides is 1. The second kappa shape index (κ2) is 6.05. The average Bonchev–Trinajstić information content (AvgIpc) is 2.40. The number of carbonyl (C=O) groups is 1. The second-order valence-electron chi connectivity index (χ2n) is 4.33. The topological polar surface area (TPSA) is 20.3 Å². The maximum absolute atomic E-state index is 12.5. The molecule has 0 radical (unpaired) electrons. The van der Waals surface area contributed by atoms with Gasteiger partial charge in [-0.15, -0.1) is 0 Å². The normalized spacial score (nSPS) is 10.3. The first kappa shape index (κ1) is 14.5. The van der Waals surface area contributed by atoms with Crippen LogP contribution in [0.25, 0.3) is 0 Å². The zero-order valence-corrected chi connectivity index (χ0v) is 14.4. The Kier molecular flexibility index (Phi) is 4.62. The smallest absolute Gasteiger partial charge is 0.259 e. The Morgan fingerprint density at radius 3 is 2.63 bits per heavy atom. The molecule has 4 heteroatoms. The average molecular weight is 430 g/mol. The number of benzene rings is 2. The maximum Gasteiger partial charge on any atom is 0.259 e. The van der Waals surface area contributed by atoms with Gasteiger partial charge < -0.3 is 4.90 Å². The van der Waals surface area contributed by atoms with Crippen LogP contribution in [0.5, 0.6) is 0 Å². The summed E-state index contributed by atoms with van der Waals surface area (Å²) >= 11 is 5.64. The third kappa shape index (κ3) is 3.36. The van der Waals surface area contributed by atoms with E-state index in [1.165, 1.54) is 0 Å². The van der Waals surface area contributed by atoms with Crippen LogP contribution in [0.15, 0.2) is 46.9 Å². The number of halogens is 2. The second-order valence-corrected chi connectivity index (χ2v) is 6.43. The summed E-state index contributed by atoms with van der Waals surface area (Å²) in [4.78, 5) is 14.2. The van der Waals surface area contributed by atoms with Crippen LogP contribution in [0.2, 0.25) is 0 Å². The van der Waals surface area contributed by atoms with Crippen molar-refractivity contribution in [2.24, 2.45) is 0 Å². The summed E-state index contributed by atoms with van der Waals surface area (Å²) in [7, 11) is 1.80. The minimum absolute atomic E-state index is 0.0176. The zero-order chi connectivity index (χ0) is 14.0. The number of rotatable bonds is 2. The lowest BCUT2D eigenvalue weighted by Crippen LogP contribution is -2.26. The molecular weight excluding hydrogens is 417 g/mol. The van der Waals surface area contributed by atoms with Gasteiger partial charge in [-0.1, -0.05) is 12.1 Å². The minimum atomic E-state index is -0.0176. The molecule has 0 saturated heterocycles. The molecule has 0 heterocycles. The fourth-order valence-corrected chi connectivity index (χ4v) is 2.70. The minimum Gasteiger partial charge on any atom is -0.311 e. The van der Waals surface area contributed by atoms with E-state index < -0.39 is 0 Å². The van der Waals surface area contributed by atoms with E-state index in [1.54, 1.807) is 11.9 Å². The van der Waals surface area contributed by atoms with Crippen LogP contribution in [0.1, 0.15) is 15.9 Å². The van der Waals surface area contributed by atoms with Crippen LogP contribution in [0, 0.1) is 10.5 Å². The Labute approximate surface area is 135 Å². The van der Waals surface area contributed by atoms with Crippen molar-refractivity contribution in [3.63, 3.8) is 0 Å². The SMILES string of the molecule is Cc1cccc(N(C)C(=O)c2cc(I)ccc2Br)c1. The van der Waals surface area contributed by atoms with Crippen LogP contribution >= 0.6 is 38.5 Å². The van der Waals surface area contributed by atoms with Gasteiger partial charge in [-0.05, 0) is 81.3 Å². The number of hydrogen-bond donors (Lipinski definition) is 0. The van der Waals surface area contributed by atoms with Gasteiger partial charge in [-0.25, -0.2) is 0 Å². The monoisotopic (exact) mass is 429 g/mol. The van der Waals surface area contributed by atoms with Crippen LogP contribution in [-0.4, -0.2) is 13.0 Å². The highest BCUT2D eigenvalue weighted by Crippen LogP contribution is 2.23. The number of nitrogens with zero attached hydrogens (tertiary/aromatic N) is 1. The zero-order valence-electron chi connectivity index (χ0n) is 10.7. The molecule has 0 aliphatic rings. The fraction of sp³-hybridized carbons (Fsp3) is 0.133. The van der Waals surface area contributed by atoms with E-state index >= 15 is 0 Å². The predicted molar refractivity (Wildman–Crippen MR) is 90.8 cm³/mol. The lowest BCUT2D eigenvalue weighted by Gasteiger charge is -2.18. The fourth-order valence-electron chi connectivity index (χ4n) is 1.80. The van der Waals surface area contributed by atoms with Crippen LogP contribution in [-0.2, 0) is 0 Å². The van der Waals surface area contributed by atoms with Gasteiger partial charge in [-0.3, -0.25) is 4.79 Å². The molecule has 98 valence electrons. The summed E-state index contributed by atoms with van der Waals surface area (Å²) in [5, 5.41) is 0. The molecule has 2 aromatic rings. The van der Waals surface area contributed by atoms with Crippen LogP contribution in [0.4, 0.5) is 5.69 Å². The van der Waals surface area contributed by atoms with E-state index in [-0.39, 0.29) is 5.91 Å². The van der Waals surface area contributed by atoms with Gasteiger partial charge in [0.15, 0.2) is 0 Å². The first-order valence-corrected chi connectivity index (χ1v) is 7.66. The molecule has 19 heavy (non-hydrogen) atoms. The van der Waals surface area contributed by atoms with Gasteiger partial charge in [0.1, 0.15) is 0 Å². The standard InChI is InChI=1S/C15H13BrINO/c1-10-4-3-5-12(8-10)18(2)15(19)13-9-11(17)6-7-14(13)16/h3-9H,1-2H3. The van der Waals surface area contributed by atoms with E-state index in [1.807, 2.05) is 49.4 Å². The molecule has 2 rings (SSSR count). The van der Waals surface area contributed by atoms with Crippen LogP contribution < -0.4 is 4.90 Å². The van der Waals surface area contributed by atoms with Crippen molar-refractivity contribution < 1.29 is 4.79 Å².